The Bertz CT molecular complexity index is 286. The van der Waals surface area contributed by atoms with Crippen LogP contribution in [0.15, 0.2) is 30.9 Å². The molecule has 64 valence electrons. The van der Waals surface area contributed by atoms with Gasteiger partial charge in [0.05, 0.1) is 0 Å². The predicted molar refractivity (Wildman–Crippen MR) is 47.1 cm³/mol. The average Bonchev–Trinajstić information content (AvgIpc) is 2.03. The van der Waals surface area contributed by atoms with Gasteiger partial charge in [0.2, 0.25) is 0 Å². The summed E-state index contributed by atoms with van der Waals surface area (Å²) in [6, 6.07) is 4.27. The van der Waals surface area contributed by atoms with Crippen LogP contribution < -0.4 is 4.74 Å². The fourth-order valence-electron chi connectivity index (χ4n) is 0.741. The van der Waals surface area contributed by atoms with Gasteiger partial charge in [-0.3, -0.25) is 0 Å². The zero-order valence-corrected chi connectivity index (χ0v) is 7.14. The second kappa shape index (κ2) is 4.12. The fourth-order valence-corrected chi connectivity index (χ4v) is 0.900. The fraction of sp³-hybridized carbons (Fsp3) is 0.111. The molecule has 0 atom stereocenters. The van der Waals surface area contributed by atoms with Crippen molar-refractivity contribution in [2.75, 3.05) is 6.61 Å². The van der Waals surface area contributed by atoms with Crippen molar-refractivity contribution < 1.29 is 9.13 Å². The van der Waals surface area contributed by atoms with E-state index in [9.17, 15) is 4.39 Å². The Hall–Kier alpha value is -1.02. The highest BCUT2D eigenvalue weighted by atomic mass is 35.5. The van der Waals surface area contributed by atoms with Crippen LogP contribution in [0.4, 0.5) is 4.39 Å². The van der Waals surface area contributed by atoms with E-state index < -0.39 is 5.82 Å². The van der Waals surface area contributed by atoms with Crippen molar-refractivity contribution >= 4 is 11.6 Å². The summed E-state index contributed by atoms with van der Waals surface area (Å²) in [5, 5.41) is 0.360. The minimum atomic E-state index is -0.454. The maximum absolute atomic E-state index is 12.9. The van der Waals surface area contributed by atoms with E-state index in [4.69, 9.17) is 16.3 Å². The van der Waals surface area contributed by atoms with Crippen molar-refractivity contribution in [3.05, 3.63) is 41.7 Å². The highest BCUT2D eigenvalue weighted by Gasteiger charge is 2.01. The number of hydrogen-bond donors (Lipinski definition) is 0. The van der Waals surface area contributed by atoms with Gasteiger partial charge in [-0.05, 0) is 18.2 Å². The van der Waals surface area contributed by atoms with Gasteiger partial charge in [0.15, 0.2) is 11.6 Å². The van der Waals surface area contributed by atoms with E-state index in [1.54, 1.807) is 12.1 Å². The van der Waals surface area contributed by atoms with Crippen molar-refractivity contribution in [3.8, 4) is 5.75 Å². The molecule has 0 radical (unpaired) electrons. The molecule has 1 aromatic rings. The zero-order chi connectivity index (χ0) is 8.97. The van der Waals surface area contributed by atoms with Crippen LogP contribution in [0.25, 0.3) is 0 Å². The summed E-state index contributed by atoms with van der Waals surface area (Å²) in [5.74, 6) is -0.261. The first-order valence-electron chi connectivity index (χ1n) is 3.43. The lowest BCUT2D eigenvalue weighted by Gasteiger charge is -2.03. The van der Waals surface area contributed by atoms with Crippen LogP contribution in [0, 0.1) is 5.82 Å². The van der Waals surface area contributed by atoms with Gasteiger partial charge in [-0.2, -0.15) is 0 Å². The van der Waals surface area contributed by atoms with Crippen molar-refractivity contribution in [2.24, 2.45) is 0 Å². The third kappa shape index (κ3) is 2.24. The van der Waals surface area contributed by atoms with Gasteiger partial charge in [-0.25, -0.2) is 4.39 Å². The van der Waals surface area contributed by atoms with Crippen molar-refractivity contribution in [1.82, 2.24) is 0 Å². The average molecular weight is 187 g/mol. The molecule has 0 saturated heterocycles. The Labute approximate surface area is 75.4 Å². The number of rotatable bonds is 3. The molecule has 0 aliphatic rings. The summed E-state index contributed by atoms with van der Waals surface area (Å²) < 4.78 is 17.9. The van der Waals surface area contributed by atoms with Gasteiger partial charge in [-0.1, -0.05) is 24.3 Å². The Morgan fingerprint density at radius 1 is 1.58 bits per heavy atom. The van der Waals surface area contributed by atoms with E-state index >= 15 is 0 Å². The molecule has 0 fully saturated rings. The first-order chi connectivity index (χ1) is 5.74. The zero-order valence-electron chi connectivity index (χ0n) is 6.39. The predicted octanol–water partition coefficient (Wildman–Crippen LogP) is 3.04. The molecule has 3 heteroatoms. The lowest BCUT2D eigenvalue weighted by molar-refractivity contribution is 0.342. The highest BCUT2D eigenvalue weighted by Crippen LogP contribution is 2.20. The molecule has 0 heterocycles. The molecule has 0 amide bonds. The number of hydrogen-bond acceptors (Lipinski definition) is 1. The second-order valence-corrected chi connectivity index (χ2v) is 2.61. The van der Waals surface area contributed by atoms with Crippen LogP contribution in [0.5, 0.6) is 5.75 Å². The van der Waals surface area contributed by atoms with Crippen LogP contribution in [-0.2, 0) is 0 Å². The maximum Gasteiger partial charge on any atom is 0.166 e. The Morgan fingerprint density at radius 3 is 2.92 bits per heavy atom. The Morgan fingerprint density at radius 2 is 2.33 bits per heavy atom. The van der Waals surface area contributed by atoms with E-state index in [-0.39, 0.29) is 5.75 Å². The summed E-state index contributed by atoms with van der Waals surface area (Å²) in [4.78, 5) is 0. The van der Waals surface area contributed by atoms with Crippen molar-refractivity contribution in [2.45, 2.75) is 0 Å². The Kier molecular flexibility index (Phi) is 3.11. The summed E-state index contributed by atoms with van der Waals surface area (Å²) in [6.45, 7) is 3.74. The maximum atomic E-state index is 12.9. The van der Waals surface area contributed by atoms with Gasteiger partial charge >= 0.3 is 0 Å². The largest absolute Gasteiger partial charge is 0.486 e. The molecule has 0 N–H and O–H groups in total. The number of ether oxygens (including phenoxy) is 1. The van der Waals surface area contributed by atoms with E-state index in [2.05, 4.69) is 6.58 Å². The van der Waals surface area contributed by atoms with Gasteiger partial charge in [0.1, 0.15) is 6.61 Å². The molecule has 0 unspecified atom stereocenters. The number of benzene rings is 1. The molecule has 1 aromatic carbocycles. The van der Waals surface area contributed by atoms with Crippen LogP contribution in [0.1, 0.15) is 0 Å². The SMILES string of the molecule is C=CCOc1ccc(Cl)cc1F. The standard InChI is InChI=1S/C9H8ClFO/c1-2-5-12-9-4-3-7(10)6-8(9)11/h2-4,6H,1,5H2. The second-order valence-electron chi connectivity index (χ2n) is 2.17. The Balaban J connectivity index is 2.78. The molecule has 0 aliphatic carbocycles. The number of halogens is 2. The minimum absolute atomic E-state index is 0.194. The first-order valence-corrected chi connectivity index (χ1v) is 3.80. The minimum Gasteiger partial charge on any atom is -0.486 e. The molecule has 0 spiro atoms. The van der Waals surface area contributed by atoms with Gasteiger partial charge in [0, 0.05) is 5.02 Å². The molecule has 1 rings (SSSR count). The molecule has 12 heavy (non-hydrogen) atoms. The molecule has 0 aliphatic heterocycles. The monoisotopic (exact) mass is 186 g/mol. The molecule has 0 aromatic heterocycles. The third-order valence-corrected chi connectivity index (χ3v) is 1.49. The normalized spacial score (nSPS) is 9.50. The van der Waals surface area contributed by atoms with E-state index in [0.29, 0.717) is 11.6 Å². The first kappa shape index (κ1) is 9.07. The van der Waals surface area contributed by atoms with E-state index in [0.717, 1.165) is 0 Å². The molecular formula is C9H8ClFO. The van der Waals surface area contributed by atoms with Crippen LogP contribution in [0.2, 0.25) is 5.02 Å². The molecule has 1 nitrogen and oxygen atoms in total. The quantitative estimate of drug-likeness (QED) is 0.660. The summed E-state index contributed by atoms with van der Waals surface area (Å²) in [6.07, 6.45) is 1.55. The van der Waals surface area contributed by atoms with E-state index in [1.165, 1.54) is 12.1 Å². The highest BCUT2D eigenvalue weighted by molar-refractivity contribution is 6.30. The van der Waals surface area contributed by atoms with Gasteiger partial charge in [0.25, 0.3) is 0 Å². The van der Waals surface area contributed by atoms with Crippen molar-refractivity contribution in [1.29, 1.82) is 0 Å². The van der Waals surface area contributed by atoms with Crippen LogP contribution in [0.3, 0.4) is 0 Å². The lowest BCUT2D eigenvalue weighted by atomic mass is 10.3. The van der Waals surface area contributed by atoms with Crippen LogP contribution in [-0.4, -0.2) is 6.61 Å². The molecular weight excluding hydrogens is 179 g/mol. The molecule has 0 bridgehead atoms. The van der Waals surface area contributed by atoms with Crippen molar-refractivity contribution in [3.63, 3.8) is 0 Å². The summed E-state index contributed by atoms with van der Waals surface area (Å²) in [7, 11) is 0. The lowest BCUT2D eigenvalue weighted by Crippen LogP contribution is -1.94. The smallest absolute Gasteiger partial charge is 0.166 e. The van der Waals surface area contributed by atoms with Crippen LogP contribution >= 0.6 is 11.6 Å². The summed E-state index contributed by atoms with van der Waals surface area (Å²) >= 11 is 5.54. The third-order valence-electron chi connectivity index (χ3n) is 1.25. The van der Waals surface area contributed by atoms with Gasteiger partial charge < -0.3 is 4.74 Å². The molecule has 0 saturated carbocycles. The summed E-state index contributed by atoms with van der Waals surface area (Å²) in [5.41, 5.74) is 0. The van der Waals surface area contributed by atoms with Gasteiger partial charge in [-0.15, -0.1) is 0 Å². The van der Waals surface area contributed by atoms with E-state index in [1.807, 2.05) is 0 Å². The topological polar surface area (TPSA) is 9.23 Å².